The fourth-order valence-corrected chi connectivity index (χ4v) is 3.69. The van der Waals surface area contributed by atoms with E-state index in [1.54, 1.807) is 25.6 Å². The zero-order valence-corrected chi connectivity index (χ0v) is 14.7. The first-order valence-electron chi connectivity index (χ1n) is 7.84. The first-order valence-corrected chi connectivity index (χ1v) is 8.72. The maximum atomic E-state index is 5.33. The highest BCUT2D eigenvalue weighted by atomic mass is 32.1. The number of nitrogens with one attached hydrogen (secondary N) is 1. The molecule has 1 aliphatic rings. The van der Waals surface area contributed by atoms with Crippen LogP contribution in [0.3, 0.4) is 0 Å². The van der Waals surface area contributed by atoms with Gasteiger partial charge in [-0.2, -0.15) is 0 Å². The third kappa shape index (κ3) is 3.88. The second-order valence-corrected chi connectivity index (χ2v) is 6.62. The lowest BCUT2D eigenvalue weighted by atomic mass is 10.0. The number of methoxy groups -OCH3 is 2. The van der Waals surface area contributed by atoms with Gasteiger partial charge >= 0.3 is 0 Å². The van der Waals surface area contributed by atoms with Crippen molar-refractivity contribution in [3.63, 3.8) is 0 Å². The van der Waals surface area contributed by atoms with Crippen LogP contribution in [0.4, 0.5) is 10.8 Å². The quantitative estimate of drug-likeness (QED) is 0.907. The lowest BCUT2D eigenvalue weighted by Gasteiger charge is -2.32. The molecule has 0 aliphatic carbocycles. The smallest absolute Gasteiger partial charge is 0.185 e. The molecule has 2 aromatic rings. The summed E-state index contributed by atoms with van der Waals surface area (Å²) in [5, 5.41) is 6.86. The minimum Gasteiger partial charge on any atom is -0.497 e. The maximum absolute atomic E-state index is 5.33. The summed E-state index contributed by atoms with van der Waals surface area (Å²) in [5.41, 5.74) is 2.15. The molecule has 0 saturated carbocycles. The van der Waals surface area contributed by atoms with E-state index in [1.165, 1.54) is 0 Å². The van der Waals surface area contributed by atoms with Crippen LogP contribution in [0.5, 0.6) is 11.5 Å². The molecule has 2 heterocycles. The third-order valence-electron chi connectivity index (χ3n) is 4.09. The van der Waals surface area contributed by atoms with E-state index in [2.05, 4.69) is 20.6 Å². The van der Waals surface area contributed by atoms with E-state index in [1.807, 2.05) is 25.1 Å². The molecule has 0 spiro atoms. The van der Waals surface area contributed by atoms with Crippen LogP contribution >= 0.6 is 11.3 Å². The van der Waals surface area contributed by atoms with E-state index >= 15 is 0 Å². The van der Waals surface area contributed by atoms with Crippen molar-refractivity contribution in [3.05, 3.63) is 29.3 Å². The van der Waals surface area contributed by atoms with Crippen molar-refractivity contribution in [2.75, 3.05) is 37.5 Å². The molecule has 124 valence electrons. The highest BCUT2D eigenvalue weighted by molar-refractivity contribution is 7.13. The minimum absolute atomic E-state index is 0.462. The summed E-state index contributed by atoms with van der Waals surface area (Å²) in [6, 6.07) is 6.38. The van der Waals surface area contributed by atoms with E-state index in [4.69, 9.17) is 9.47 Å². The van der Waals surface area contributed by atoms with Gasteiger partial charge in [0.2, 0.25) is 0 Å². The summed E-state index contributed by atoms with van der Waals surface area (Å²) in [6.07, 6.45) is 2.19. The number of anilines is 2. The van der Waals surface area contributed by atoms with E-state index < -0.39 is 0 Å². The van der Waals surface area contributed by atoms with E-state index in [0.29, 0.717) is 6.04 Å². The fraction of sp³-hybridized carbons (Fsp3) is 0.471. The number of ether oxygens (including phenoxy) is 2. The molecular weight excluding hydrogens is 310 g/mol. The van der Waals surface area contributed by atoms with Gasteiger partial charge in [-0.05, 0) is 19.8 Å². The van der Waals surface area contributed by atoms with Gasteiger partial charge in [-0.25, -0.2) is 4.98 Å². The Kier molecular flexibility index (Phi) is 4.91. The van der Waals surface area contributed by atoms with Crippen LogP contribution in [0.2, 0.25) is 0 Å². The number of rotatable bonds is 5. The predicted octanol–water partition coefficient (Wildman–Crippen LogP) is 3.55. The van der Waals surface area contributed by atoms with Crippen LogP contribution in [0.15, 0.2) is 23.6 Å². The lowest BCUT2D eigenvalue weighted by Crippen LogP contribution is -2.39. The SMILES string of the molecule is COc1cc(NC2CCN(c3nc(C)cs3)CC2)cc(OC)c1. The topological polar surface area (TPSA) is 46.6 Å². The van der Waals surface area contributed by atoms with Crippen LogP contribution in [0.1, 0.15) is 18.5 Å². The molecule has 1 N–H and O–H groups in total. The average molecular weight is 333 g/mol. The number of hydrogen-bond donors (Lipinski definition) is 1. The van der Waals surface area contributed by atoms with Crippen molar-refractivity contribution < 1.29 is 9.47 Å². The number of aromatic nitrogens is 1. The van der Waals surface area contributed by atoms with Gasteiger partial charge in [0, 0.05) is 48.4 Å². The summed E-state index contributed by atoms with van der Waals surface area (Å²) in [7, 11) is 3.35. The molecule has 1 aliphatic heterocycles. The number of thiazole rings is 1. The van der Waals surface area contributed by atoms with Gasteiger partial charge in [0.05, 0.1) is 19.9 Å². The highest BCUT2D eigenvalue weighted by Crippen LogP contribution is 2.29. The molecule has 0 radical (unpaired) electrons. The lowest BCUT2D eigenvalue weighted by molar-refractivity contribution is 0.394. The zero-order valence-electron chi connectivity index (χ0n) is 13.8. The van der Waals surface area contributed by atoms with Crippen LogP contribution in [0, 0.1) is 6.92 Å². The van der Waals surface area contributed by atoms with Gasteiger partial charge < -0.3 is 19.7 Å². The summed E-state index contributed by atoms with van der Waals surface area (Å²) >= 11 is 1.73. The molecule has 0 bridgehead atoms. The Morgan fingerprint density at radius 2 is 1.78 bits per heavy atom. The second kappa shape index (κ2) is 7.08. The second-order valence-electron chi connectivity index (χ2n) is 5.78. The monoisotopic (exact) mass is 333 g/mol. The van der Waals surface area contributed by atoms with Crippen LogP contribution in [-0.2, 0) is 0 Å². The number of benzene rings is 1. The van der Waals surface area contributed by atoms with E-state index in [0.717, 1.165) is 53.9 Å². The molecule has 0 unspecified atom stereocenters. The Morgan fingerprint density at radius 3 is 2.30 bits per heavy atom. The molecule has 1 fully saturated rings. The summed E-state index contributed by atoms with van der Waals surface area (Å²) in [4.78, 5) is 6.96. The number of hydrogen-bond acceptors (Lipinski definition) is 6. The highest BCUT2D eigenvalue weighted by Gasteiger charge is 2.21. The summed E-state index contributed by atoms with van der Waals surface area (Å²) < 4.78 is 10.7. The van der Waals surface area contributed by atoms with Crippen molar-refractivity contribution in [2.45, 2.75) is 25.8 Å². The molecule has 6 heteroatoms. The molecule has 1 saturated heterocycles. The van der Waals surface area contributed by atoms with Crippen molar-refractivity contribution in [1.82, 2.24) is 4.98 Å². The van der Waals surface area contributed by atoms with Crippen LogP contribution in [-0.4, -0.2) is 38.3 Å². The number of nitrogens with zero attached hydrogens (tertiary/aromatic N) is 2. The standard InChI is InChI=1S/C17H23N3O2S/c1-12-11-23-17(18-12)20-6-4-13(5-7-20)19-14-8-15(21-2)10-16(9-14)22-3/h8-11,13,19H,4-7H2,1-3H3. The normalized spacial score (nSPS) is 15.5. The maximum Gasteiger partial charge on any atom is 0.185 e. The van der Waals surface area contributed by atoms with Gasteiger partial charge in [0.25, 0.3) is 0 Å². The molecule has 0 amide bonds. The van der Waals surface area contributed by atoms with Gasteiger partial charge in [0.1, 0.15) is 11.5 Å². The van der Waals surface area contributed by atoms with Gasteiger partial charge in [-0.3, -0.25) is 0 Å². The molecular formula is C17H23N3O2S. The Morgan fingerprint density at radius 1 is 1.13 bits per heavy atom. The fourth-order valence-electron chi connectivity index (χ4n) is 2.83. The number of piperidine rings is 1. The van der Waals surface area contributed by atoms with E-state index in [9.17, 15) is 0 Å². The molecule has 1 aromatic heterocycles. The molecule has 1 aromatic carbocycles. The molecule has 23 heavy (non-hydrogen) atoms. The molecule has 5 nitrogen and oxygen atoms in total. The number of aryl methyl sites for hydroxylation is 1. The summed E-state index contributed by atoms with van der Waals surface area (Å²) in [5.74, 6) is 1.62. The zero-order chi connectivity index (χ0) is 16.2. The first-order chi connectivity index (χ1) is 11.2. The van der Waals surface area contributed by atoms with Crippen LogP contribution < -0.4 is 19.7 Å². The van der Waals surface area contributed by atoms with Gasteiger partial charge in [-0.1, -0.05) is 0 Å². The van der Waals surface area contributed by atoms with Crippen molar-refractivity contribution in [2.24, 2.45) is 0 Å². The predicted molar refractivity (Wildman–Crippen MR) is 95.3 cm³/mol. The van der Waals surface area contributed by atoms with Gasteiger partial charge in [0.15, 0.2) is 5.13 Å². The van der Waals surface area contributed by atoms with E-state index in [-0.39, 0.29) is 0 Å². The van der Waals surface area contributed by atoms with Crippen molar-refractivity contribution >= 4 is 22.2 Å². The largest absolute Gasteiger partial charge is 0.497 e. The minimum atomic E-state index is 0.462. The van der Waals surface area contributed by atoms with Crippen LogP contribution in [0.25, 0.3) is 0 Å². The van der Waals surface area contributed by atoms with Gasteiger partial charge in [-0.15, -0.1) is 11.3 Å². The van der Waals surface area contributed by atoms with Crippen molar-refractivity contribution in [3.8, 4) is 11.5 Å². The average Bonchev–Trinajstić information content (AvgIpc) is 3.01. The molecule has 3 rings (SSSR count). The Balaban J connectivity index is 1.60. The molecule has 0 atom stereocenters. The van der Waals surface area contributed by atoms with Crippen molar-refractivity contribution in [1.29, 1.82) is 0 Å². The Labute approximate surface area is 141 Å². The summed E-state index contributed by atoms with van der Waals surface area (Å²) in [6.45, 7) is 4.11. The third-order valence-corrected chi connectivity index (χ3v) is 5.11. The first kappa shape index (κ1) is 15.9. The Hall–Kier alpha value is -1.95. The Bertz CT molecular complexity index is 629.